The first kappa shape index (κ1) is 11.3. The van der Waals surface area contributed by atoms with Crippen LogP contribution < -0.4 is 5.32 Å². The molecule has 0 aromatic heterocycles. The fourth-order valence-corrected chi connectivity index (χ4v) is 2.10. The number of nitrogens with zero attached hydrogens (tertiary/aromatic N) is 1. The van der Waals surface area contributed by atoms with Crippen LogP contribution in [-0.2, 0) is 0 Å². The lowest BCUT2D eigenvalue weighted by atomic mass is 10.0. The normalized spacial score (nSPS) is 24.1. The van der Waals surface area contributed by atoms with E-state index in [4.69, 9.17) is 0 Å². The number of benzene rings is 1. The Labute approximate surface area is 97.4 Å². The largest absolute Gasteiger partial charge is 0.308 e. The zero-order chi connectivity index (χ0) is 11.5. The van der Waals surface area contributed by atoms with Crippen molar-refractivity contribution in [1.82, 2.24) is 5.32 Å². The van der Waals surface area contributed by atoms with Crippen LogP contribution in [0.1, 0.15) is 18.0 Å². The highest BCUT2D eigenvalue weighted by Gasteiger charge is 2.29. The van der Waals surface area contributed by atoms with Crippen LogP contribution in [0.4, 0.5) is 8.78 Å². The minimum Gasteiger partial charge on any atom is -0.308 e. The summed E-state index contributed by atoms with van der Waals surface area (Å²) >= 11 is 4.54. The zero-order valence-corrected chi connectivity index (χ0v) is 9.23. The lowest BCUT2D eigenvalue weighted by molar-refractivity contribution is 0.515. The Kier molecular flexibility index (Phi) is 3.39. The quantitative estimate of drug-likeness (QED) is 0.634. The Hall–Kier alpha value is -1.16. The van der Waals surface area contributed by atoms with Crippen molar-refractivity contribution in [1.29, 1.82) is 0 Å². The van der Waals surface area contributed by atoms with E-state index in [1.54, 1.807) is 0 Å². The number of nitrogens with one attached hydrogen (secondary N) is 1. The van der Waals surface area contributed by atoms with Crippen LogP contribution in [-0.4, -0.2) is 17.7 Å². The van der Waals surface area contributed by atoms with E-state index in [9.17, 15) is 8.78 Å². The van der Waals surface area contributed by atoms with Gasteiger partial charge in [0, 0.05) is 5.56 Å². The van der Waals surface area contributed by atoms with Crippen LogP contribution in [0.2, 0.25) is 0 Å². The number of hydrogen-bond donors (Lipinski definition) is 1. The van der Waals surface area contributed by atoms with Crippen molar-refractivity contribution in [2.45, 2.75) is 18.5 Å². The summed E-state index contributed by atoms with van der Waals surface area (Å²) in [6, 6.07) is 2.96. The predicted molar refractivity (Wildman–Crippen MR) is 60.5 cm³/mol. The van der Waals surface area contributed by atoms with Gasteiger partial charge in [0.25, 0.3) is 0 Å². The molecule has 2 atom stereocenters. The molecular weight excluding hydrogens is 230 g/mol. The molecule has 1 aliphatic rings. The second kappa shape index (κ2) is 4.78. The molecule has 1 aliphatic heterocycles. The molecule has 1 aromatic rings. The Morgan fingerprint density at radius 3 is 3.00 bits per heavy atom. The molecule has 1 N–H and O–H groups in total. The first-order valence-corrected chi connectivity index (χ1v) is 5.38. The van der Waals surface area contributed by atoms with Crippen molar-refractivity contribution in [3.05, 3.63) is 35.4 Å². The van der Waals surface area contributed by atoms with Crippen molar-refractivity contribution in [3.8, 4) is 0 Å². The first-order valence-electron chi connectivity index (χ1n) is 4.97. The van der Waals surface area contributed by atoms with E-state index >= 15 is 0 Å². The molecule has 2 rings (SSSR count). The van der Waals surface area contributed by atoms with Gasteiger partial charge in [0.15, 0.2) is 0 Å². The van der Waals surface area contributed by atoms with Gasteiger partial charge in [0.2, 0.25) is 0 Å². The van der Waals surface area contributed by atoms with Crippen LogP contribution in [0, 0.1) is 11.6 Å². The van der Waals surface area contributed by atoms with E-state index in [0.29, 0.717) is 12.1 Å². The van der Waals surface area contributed by atoms with Gasteiger partial charge < -0.3 is 5.32 Å². The summed E-state index contributed by atoms with van der Waals surface area (Å²) in [5.41, 5.74) is 0.302. The third kappa shape index (κ3) is 2.16. The molecular formula is C11H10F2N2S. The van der Waals surface area contributed by atoms with Crippen LogP contribution in [0.25, 0.3) is 0 Å². The molecule has 5 heteroatoms. The van der Waals surface area contributed by atoms with Crippen molar-refractivity contribution in [3.63, 3.8) is 0 Å². The zero-order valence-electron chi connectivity index (χ0n) is 8.41. The standard InChI is InChI=1S/C11H10F2N2S/c12-7-1-2-9(13)8(5-7)11-10(15-6-16)3-4-14-11/h1-2,5,10-11,14H,3-4H2/t10?,11-/m1/s1. The summed E-state index contributed by atoms with van der Waals surface area (Å²) in [5, 5.41) is 5.38. The van der Waals surface area contributed by atoms with E-state index in [2.05, 4.69) is 27.7 Å². The Morgan fingerprint density at radius 2 is 2.25 bits per heavy atom. The summed E-state index contributed by atoms with van der Waals surface area (Å²) in [5.74, 6) is -0.874. The number of thiocarbonyl (C=S) groups is 1. The average molecular weight is 240 g/mol. The van der Waals surface area contributed by atoms with Crippen LogP contribution >= 0.6 is 12.2 Å². The molecule has 0 amide bonds. The fraction of sp³-hybridized carbons (Fsp3) is 0.364. The number of halogens is 2. The number of isothiocyanates is 1. The van der Waals surface area contributed by atoms with Gasteiger partial charge in [-0.2, -0.15) is 0 Å². The second-order valence-electron chi connectivity index (χ2n) is 3.67. The van der Waals surface area contributed by atoms with E-state index in [-0.39, 0.29) is 12.1 Å². The molecule has 1 fully saturated rings. The highest BCUT2D eigenvalue weighted by molar-refractivity contribution is 7.78. The summed E-state index contributed by atoms with van der Waals surface area (Å²) in [6.45, 7) is 0.714. The van der Waals surface area contributed by atoms with Gasteiger partial charge in [-0.05, 0) is 43.4 Å². The summed E-state index contributed by atoms with van der Waals surface area (Å²) in [4.78, 5) is 3.97. The lowest BCUT2D eigenvalue weighted by Crippen LogP contribution is -2.21. The van der Waals surface area contributed by atoms with Crippen molar-refractivity contribution < 1.29 is 8.78 Å². The van der Waals surface area contributed by atoms with E-state index in [0.717, 1.165) is 18.6 Å². The minimum atomic E-state index is -0.449. The highest BCUT2D eigenvalue weighted by Crippen LogP contribution is 2.28. The molecule has 84 valence electrons. The average Bonchev–Trinajstić information content (AvgIpc) is 2.70. The Bertz CT molecular complexity index is 444. The molecule has 0 spiro atoms. The summed E-state index contributed by atoms with van der Waals surface area (Å²) in [7, 11) is 0. The molecule has 0 radical (unpaired) electrons. The van der Waals surface area contributed by atoms with Crippen LogP contribution in [0.5, 0.6) is 0 Å². The van der Waals surface area contributed by atoms with Crippen LogP contribution in [0.3, 0.4) is 0 Å². The SMILES string of the molecule is Fc1ccc(F)c([C@H]2NCCC2N=C=S)c1. The van der Waals surface area contributed by atoms with Crippen molar-refractivity contribution >= 4 is 17.4 Å². The molecule has 1 unspecified atom stereocenters. The monoisotopic (exact) mass is 240 g/mol. The molecule has 16 heavy (non-hydrogen) atoms. The Morgan fingerprint density at radius 1 is 1.44 bits per heavy atom. The van der Waals surface area contributed by atoms with Crippen molar-refractivity contribution in [2.75, 3.05) is 6.54 Å². The van der Waals surface area contributed by atoms with Gasteiger partial charge in [0.05, 0.1) is 17.2 Å². The van der Waals surface area contributed by atoms with E-state index in [1.807, 2.05) is 0 Å². The van der Waals surface area contributed by atoms with E-state index in [1.165, 1.54) is 6.07 Å². The highest BCUT2D eigenvalue weighted by atomic mass is 32.1. The van der Waals surface area contributed by atoms with Crippen LogP contribution in [0.15, 0.2) is 23.2 Å². The second-order valence-corrected chi connectivity index (χ2v) is 3.86. The first-order chi connectivity index (χ1) is 7.72. The number of rotatable bonds is 2. The fourth-order valence-electron chi connectivity index (χ4n) is 1.97. The molecule has 0 aliphatic carbocycles. The Balaban J connectivity index is 2.35. The number of hydrogen-bond acceptors (Lipinski definition) is 3. The minimum absolute atomic E-state index is 0.159. The van der Waals surface area contributed by atoms with Gasteiger partial charge in [-0.15, -0.1) is 0 Å². The maximum Gasteiger partial charge on any atom is 0.128 e. The lowest BCUT2D eigenvalue weighted by Gasteiger charge is -2.16. The summed E-state index contributed by atoms with van der Waals surface area (Å²) in [6.07, 6.45) is 0.754. The smallest absolute Gasteiger partial charge is 0.128 e. The molecule has 0 saturated carbocycles. The molecule has 1 saturated heterocycles. The van der Waals surface area contributed by atoms with Gasteiger partial charge in [-0.25, -0.2) is 13.8 Å². The molecule has 1 aromatic carbocycles. The topological polar surface area (TPSA) is 24.4 Å². The molecule has 1 heterocycles. The third-order valence-corrected chi connectivity index (χ3v) is 2.81. The summed E-state index contributed by atoms with van der Waals surface area (Å²) < 4.78 is 26.6. The maximum atomic E-state index is 13.5. The van der Waals surface area contributed by atoms with Crippen molar-refractivity contribution in [2.24, 2.45) is 4.99 Å². The van der Waals surface area contributed by atoms with E-state index < -0.39 is 11.6 Å². The third-order valence-electron chi connectivity index (χ3n) is 2.70. The predicted octanol–water partition coefficient (Wildman–Crippen LogP) is 2.47. The molecule has 0 bridgehead atoms. The molecule has 2 nitrogen and oxygen atoms in total. The maximum absolute atomic E-state index is 13.5. The number of aliphatic imine (C=N–C) groups is 1. The van der Waals surface area contributed by atoms with Gasteiger partial charge in [0.1, 0.15) is 11.6 Å². The van der Waals surface area contributed by atoms with Gasteiger partial charge in [-0.3, -0.25) is 0 Å². The van der Waals surface area contributed by atoms with Gasteiger partial charge >= 0.3 is 0 Å². The van der Waals surface area contributed by atoms with Gasteiger partial charge in [-0.1, -0.05) is 0 Å².